The Hall–Kier alpha value is -1.35. The Labute approximate surface area is 139 Å². The fraction of sp³-hybridized carbons (Fsp3) is 0.650. The molecule has 0 radical (unpaired) electrons. The summed E-state index contributed by atoms with van der Waals surface area (Å²) in [5, 5.41) is 0. The molecule has 124 valence electrons. The molecule has 3 fully saturated rings. The Kier molecular flexibility index (Phi) is 4.14. The SMILES string of the molecule is O=C(C1CC1)N1CCC2(CC1)CC(Cc1ccccc1)CCO2. The number of hydrogen-bond donors (Lipinski definition) is 0. The summed E-state index contributed by atoms with van der Waals surface area (Å²) < 4.78 is 6.24. The van der Waals surface area contributed by atoms with Crippen LogP contribution in [0.3, 0.4) is 0 Å². The van der Waals surface area contributed by atoms with Crippen molar-refractivity contribution >= 4 is 5.91 Å². The normalized spacial score (nSPS) is 27.1. The van der Waals surface area contributed by atoms with Crippen LogP contribution in [0.15, 0.2) is 30.3 Å². The molecule has 3 aliphatic rings. The minimum atomic E-state index is 0.0397. The minimum absolute atomic E-state index is 0.0397. The highest BCUT2D eigenvalue weighted by Crippen LogP contribution is 2.40. The molecule has 1 amide bonds. The molecule has 2 heterocycles. The van der Waals surface area contributed by atoms with Crippen molar-refractivity contribution in [2.45, 2.75) is 50.5 Å². The minimum Gasteiger partial charge on any atom is -0.375 e. The third kappa shape index (κ3) is 3.45. The first-order valence-electron chi connectivity index (χ1n) is 9.21. The van der Waals surface area contributed by atoms with E-state index in [9.17, 15) is 4.79 Å². The van der Waals surface area contributed by atoms with Gasteiger partial charge in [0.2, 0.25) is 5.91 Å². The Bertz CT molecular complexity index is 544. The second kappa shape index (κ2) is 6.27. The summed E-state index contributed by atoms with van der Waals surface area (Å²) in [5.74, 6) is 1.47. The lowest BCUT2D eigenvalue weighted by atomic mass is 9.77. The van der Waals surface area contributed by atoms with Gasteiger partial charge in [-0.2, -0.15) is 0 Å². The number of nitrogens with zero attached hydrogens (tertiary/aromatic N) is 1. The molecule has 1 aliphatic carbocycles. The molecule has 3 nitrogen and oxygen atoms in total. The monoisotopic (exact) mass is 313 g/mol. The molecule has 0 N–H and O–H groups in total. The Balaban J connectivity index is 1.34. The summed E-state index contributed by atoms with van der Waals surface area (Å²) in [7, 11) is 0. The van der Waals surface area contributed by atoms with Gasteiger partial charge in [-0.3, -0.25) is 4.79 Å². The Morgan fingerprint density at radius 1 is 1.13 bits per heavy atom. The smallest absolute Gasteiger partial charge is 0.225 e. The molecule has 1 aromatic rings. The molecular formula is C20H27NO2. The van der Waals surface area contributed by atoms with Gasteiger partial charge in [0.05, 0.1) is 5.60 Å². The number of benzene rings is 1. The molecule has 0 aromatic heterocycles. The third-order valence-electron chi connectivity index (χ3n) is 5.88. The van der Waals surface area contributed by atoms with Crippen LogP contribution in [0.25, 0.3) is 0 Å². The number of ether oxygens (including phenoxy) is 1. The first-order valence-corrected chi connectivity index (χ1v) is 9.21. The molecule has 0 bridgehead atoms. The number of piperidine rings is 1. The van der Waals surface area contributed by atoms with Gasteiger partial charge >= 0.3 is 0 Å². The van der Waals surface area contributed by atoms with E-state index >= 15 is 0 Å². The highest BCUT2D eigenvalue weighted by molar-refractivity contribution is 5.81. The lowest BCUT2D eigenvalue weighted by Crippen LogP contribution is -2.51. The third-order valence-corrected chi connectivity index (χ3v) is 5.88. The first-order chi connectivity index (χ1) is 11.2. The van der Waals surface area contributed by atoms with E-state index in [-0.39, 0.29) is 5.60 Å². The molecular weight excluding hydrogens is 286 g/mol. The van der Waals surface area contributed by atoms with E-state index in [1.807, 2.05) is 0 Å². The van der Waals surface area contributed by atoms with E-state index in [2.05, 4.69) is 35.2 Å². The summed E-state index contributed by atoms with van der Waals surface area (Å²) >= 11 is 0. The number of amides is 1. The average molecular weight is 313 g/mol. The second-order valence-electron chi connectivity index (χ2n) is 7.68. The molecule has 1 spiro atoms. The van der Waals surface area contributed by atoms with Crippen molar-refractivity contribution in [2.75, 3.05) is 19.7 Å². The van der Waals surface area contributed by atoms with Gasteiger partial charge in [-0.1, -0.05) is 30.3 Å². The van der Waals surface area contributed by atoms with Crippen molar-refractivity contribution in [2.24, 2.45) is 11.8 Å². The molecule has 3 heteroatoms. The lowest BCUT2D eigenvalue weighted by Gasteiger charge is -2.46. The maximum atomic E-state index is 12.2. The molecule has 1 unspecified atom stereocenters. The van der Waals surface area contributed by atoms with E-state index in [0.29, 0.717) is 11.8 Å². The quantitative estimate of drug-likeness (QED) is 0.855. The van der Waals surface area contributed by atoms with Crippen LogP contribution in [0.5, 0.6) is 0 Å². The molecule has 2 saturated heterocycles. The first kappa shape index (κ1) is 15.2. The van der Waals surface area contributed by atoms with Crippen molar-refractivity contribution in [3.63, 3.8) is 0 Å². The van der Waals surface area contributed by atoms with Crippen LogP contribution in [0.1, 0.15) is 44.1 Å². The number of rotatable bonds is 3. The van der Waals surface area contributed by atoms with Gasteiger partial charge in [0.25, 0.3) is 0 Å². The van der Waals surface area contributed by atoms with E-state index in [4.69, 9.17) is 4.74 Å². The highest BCUT2D eigenvalue weighted by atomic mass is 16.5. The van der Waals surface area contributed by atoms with Gasteiger partial charge in [-0.05, 0) is 56.4 Å². The van der Waals surface area contributed by atoms with E-state index in [1.165, 1.54) is 12.0 Å². The van der Waals surface area contributed by atoms with Crippen molar-refractivity contribution in [3.8, 4) is 0 Å². The molecule has 1 atom stereocenters. The van der Waals surface area contributed by atoms with Crippen LogP contribution in [0.4, 0.5) is 0 Å². The Morgan fingerprint density at radius 3 is 2.57 bits per heavy atom. The molecule has 4 rings (SSSR count). The zero-order chi connectivity index (χ0) is 15.7. The molecule has 1 saturated carbocycles. The van der Waals surface area contributed by atoms with Gasteiger partial charge in [0.15, 0.2) is 0 Å². The summed E-state index contributed by atoms with van der Waals surface area (Å²) in [5.41, 5.74) is 1.48. The number of likely N-dealkylation sites (tertiary alicyclic amines) is 1. The van der Waals surface area contributed by atoms with Crippen molar-refractivity contribution in [3.05, 3.63) is 35.9 Å². The predicted molar refractivity (Wildman–Crippen MR) is 90.1 cm³/mol. The largest absolute Gasteiger partial charge is 0.375 e. The van der Waals surface area contributed by atoms with Crippen molar-refractivity contribution in [1.29, 1.82) is 0 Å². The van der Waals surface area contributed by atoms with Crippen LogP contribution in [-0.4, -0.2) is 36.1 Å². The van der Waals surface area contributed by atoms with Crippen LogP contribution in [-0.2, 0) is 16.0 Å². The number of hydrogen-bond acceptors (Lipinski definition) is 2. The van der Waals surface area contributed by atoms with E-state index in [0.717, 1.165) is 64.1 Å². The van der Waals surface area contributed by atoms with Crippen molar-refractivity contribution in [1.82, 2.24) is 4.90 Å². The van der Waals surface area contributed by atoms with E-state index in [1.54, 1.807) is 0 Å². The topological polar surface area (TPSA) is 29.5 Å². The number of carbonyl (C=O) groups is 1. The average Bonchev–Trinajstić information content (AvgIpc) is 3.41. The molecule has 2 aliphatic heterocycles. The van der Waals surface area contributed by atoms with Gasteiger partial charge in [-0.15, -0.1) is 0 Å². The summed E-state index contributed by atoms with van der Waals surface area (Å²) in [4.78, 5) is 14.3. The van der Waals surface area contributed by atoms with Crippen LogP contribution in [0.2, 0.25) is 0 Å². The van der Waals surface area contributed by atoms with Crippen molar-refractivity contribution < 1.29 is 9.53 Å². The zero-order valence-corrected chi connectivity index (χ0v) is 13.9. The second-order valence-corrected chi connectivity index (χ2v) is 7.68. The molecule has 1 aromatic carbocycles. The molecule has 23 heavy (non-hydrogen) atoms. The van der Waals surface area contributed by atoms with Gasteiger partial charge < -0.3 is 9.64 Å². The van der Waals surface area contributed by atoms with Gasteiger partial charge in [-0.25, -0.2) is 0 Å². The fourth-order valence-corrected chi connectivity index (χ4v) is 4.32. The maximum absolute atomic E-state index is 12.2. The fourth-order valence-electron chi connectivity index (χ4n) is 4.32. The van der Waals surface area contributed by atoms with E-state index < -0.39 is 0 Å². The summed E-state index contributed by atoms with van der Waals surface area (Å²) in [6.07, 6.45) is 7.76. The van der Waals surface area contributed by atoms with Crippen LogP contribution in [0, 0.1) is 11.8 Å². The van der Waals surface area contributed by atoms with Gasteiger partial charge in [0, 0.05) is 25.6 Å². The summed E-state index contributed by atoms with van der Waals surface area (Å²) in [6.45, 7) is 2.68. The standard InChI is InChI=1S/C20H27NO2/c22-19(18-6-7-18)21-11-9-20(10-12-21)15-17(8-13-23-20)14-16-4-2-1-3-5-16/h1-5,17-18H,6-15H2. The zero-order valence-electron chi connectivity index (χ0n) is 13.9. The summed E-state index contributed by atoms with van der Waals surface area (Å²) in [6, 6.07) is 10.8. The van der Waals surface area contributed by atoms with Gasteiger partial charge in [0.1, 0.15) is 0 Å². The van der Waals surface area contributed by atoms with Crippen LogP contribution < -0.4 is 0 Å². The predicted octanol–water partition coefficient (Wildman–Crippen LogP) is 3.43. The number of carbonyl (C=O) groups excluding carboxylic acids is 1. The van der Waals surface area contributed by atoms with Crippen LogP contribution >= 0.6 is 0 Å². The maximum Gasteiger partial charge on any atom is 0.225 e. The Morgan fingerprint density at radius 2 is 1.87 bits per heavy atom. The lowest BCUT2D eigenvalue weighted by molar-refractivity contribution is -0.148. The highest BCUT2D eigenvalue weighted by Gasteiger charge is 2.43.